The highest BCUT2D eigenvalue weighted by Crippen LogP contribution is 2.23. The molecule has 2 amide bonds. The Morgan fingerprint density at radius 3 is 2.52 bits per heavy atom. The van der Waals surface area contributed by atoms with Gasteiger partial charge in [-0.2, -0.15) is 0 Å². The molecule has 0 aromatic heterocycles. The zero-order valence-corrected chi connectivity index (χ0v) is 14.0. The summed E-state index contributed by atoms with van der Waals surface area (Å²) in [7, 11) is 0. The maximum absolute atomic E-state index is 12.0. The summed E-state index contributed by atoms with van der Waals surface area (Å²) in [6.07, 6.45) is 0. The van der Waals surface area contributed by atoms with Gasteiger partial charge in [0.15, 0.2) is 6.61 Å². The number of carbonyl (C=O) groups excluding carboxylic acids is 2. The molecule has 0 aliphatic carbocycles. The Hall–Kier alpha value is -2.84. The van der Waals surface area contributed by atoms with Crippen LogP contribution in [0, 0.1) is 10.1 Å². The molecular weight excluding hydrogens is 373 g/mol. The van der Waals surface area contributed by atoms with Crippen LogP contribution < -0.4 is 15.6 Å². The lowest BCUT2D eigenvalue weighted by Gasteiger charge is -2.10. The van der Waals surface area contributed by atoms with Crippen LogP contribution in [0.1, 0.15) is 10.4 Å². The zero-order chi connectivity index (χ0) is 18.4. The lowest BCUT2D eigenvalue weighted by atomic mass is 10.2. The molecule has 0 fully saturated rings. The number of nitrogens with zero attached hydrogens (tertiary/aromatic N) is 1. The minimum atomic E-state index is -0.889. The fraction of sp³-hybridized carbons (Fsp3) is 0.0667. The molecule has 2 N–H and O–H groups in total. The van der Waals surface area contributed by atoms with Gasteiger partial charge in [0.05, 0.1) is 9.95 Å². The van der Waals surface area contributed by atoms with Crippen molar-refractivity contribution >= 4 is 40.7 Å². The van der Waals surface area contributed by atoms with Gasteiger partial charge in [-0.1, -0.05) is 35.3 Å². The maximum Gasteiger partial charge on any atom is 0.282 e. The molecule has 0 radical (unpaired) electrons. The van der Waals surface area contributed by atoms with Crippen molar-refractivity contribution in [3.8, 4) is 5.75 Å². The molecule has 0 aliphatic heterocycles. The minimum Gasteiger partial charge on any atom is -0.482 e. The lowest BCUT2D eigenvalue weighted by Crippen LogP contribution is -2.44. The topological polar surface area (TPSA) is 111 Å². The molecule has 0 bridgehead atoms. The first-order chi connectivity index (χ1) is 11.9. The van der Waals surface area contributed by atoms with Crippen molar-refractivity contribution in [2.45, 2.75) is 0 Å². The van der Waals surface area contributed by atoms with Crippen LogP contribution >= 0.6 is 23.2 Å². The average molecular weight is 384 g/mol. The molecule has 0 atom stereocenters. The largest absolute Gasteiger partial charge is 0.482 e. The number of ether oxygens (including phenoxy) is 1. The Morgan fingerprint density at radius 2 is 1.84 bits per heavy atom. The number of para-hydroxylation sites is 1. The molecule has 0 spiro atoms. The first kappa shape index (κ1) is 18.5. The van der Waals surface area contributed by atoms with E-state index >= 15 is 0 Å². The van der Waals surface area contributed by atoms with Gasteiger partial charge in [0, 0.05) is 11.1 Å². The van der Waals surface area contributed by atoms with Gasteiger partial charge in [0.25, 0.3) is 17.5 Å². The number of carbonyl (C=O) groups is 2. The summed E-state index contributed by atoms with van der Waals surface area (Å²) in [6, 6.07) is 10.1. The van der Waals surface area contributed by atoms with Crippen LogP contribution in [-0.2, 0) is 4.79 Å². The second-order valence-corrected chi connectivity index (χ2v) is 5.48. The fourth-order valence-corrected chi connectivity index (χ4v) is 2.15. The van der Waals surface area contributed by atoms with Crippen molar-refractivity contribution in [1.29, 1.82) is 0 Å². The van der Waals surface area contributed by atoms with E-state index in [-0.39, 0.29) is 10.6 Å². The zero-order valence-electron chi connectivity index (χ0n) is 12.5. The number of nitro benzene ring substituents is 1. The highest BCUT2D eigenvalue weighted by atomic mass is 35.5. The Kier molecular flexibility index (Phi) is 6.15. The Labute approximate surface area is 151 Å². The third-order valence-electron chi connectivity index (χ3n) is 2.91. The standard InChI is InChI=1S/C15H11Cl2N3O5/c16-9-5-6-12(20(23)24)10(7-9)15(22)19-18-14(21)8-25-13-4-2-1-3-11(13)17/h1-7H,8H2,(H,18,21)(H,19,22). The molecule has 25 heavy (non-hydrogen) atoms. The second-order valence-electron chi connectivity index (χ2n) is 4.64. The van der Waals surface area contributed by atoms with E-state index in [4.69, 9.17) is 27.9 Å². The molecular formula is C15H11Cl2N3O5. The van der Waals surface area contributed by atoms with Gasteiger partial charge in [-0.3, -0.25) is 30.6 Å². The number of nitrogens with one attached hydrogen (secondary N) is 2. The highest BCUT2D eigenvalue weighted by Gasteiger charge is 2.21. The monoisotopic (exact) mass is 383 g/mol. The molecule has 0 heterocycles. The van der Waals surface area contributed by atoms with Gasteiger partial charge in [-0.05, 0) is 24.3 Å². The molecule has 0 saturated carbocycles. The van der Waals surface area contributed by atoms with Crippen LogP contribution in [0.4, 0.5) is 5.69 Å². The SMILES string of the molecule is O=C(COc1ccccc1Cl)NNC(=O)c1cc(Cl)ccc1[N+](=O)[O-]. The highest BCUT2D eigenvalue weighted by molar-refractivity contribution is 6.32. The van der Waals surface area contributed by atoms with Gasteiger partial charge >= 0.3 is 0 Å². The minimum absolute atomic E-state index is 0.143. The summed E-state index contributed by atoms with van der Waals surface area (Å²) < 4.78 is 5.19. The van der Waals surface area contributed by atoms with E-state index in [0.717, 1.165) is 12.1 Å². The van der Waals surface area contributed by atoms with Gasteiger partial charge in [-0.25, -0.2) is 0 Å². The van der Waals surface area contributed by atoms with Gasteiger partial charge in [0.1, 0.15) is 11.3 Å². The van der Waals surface area contributed by atoms with Gasteiger partial charge in [-0.15, -0.1) is 0 Å². The van der Waals surface area contributed by atoms with Crippen molar-refractivity contribution in [3.05, 3.63) is 68.2 Å². The van der Waals surface area contributed by atoms with Gasteiger partial charge < -0.3 is 4.74 Å². The first-order valence-corrected chi connectivity index (χ1v) is 7.54. The first-order valence-electron chi connectivity index (χ1n) is 6.79. The van der Waals surface area contributed by atoms with E-state index in [1.807, 2.05) is 0 Å². The Bertz CT molecular complexity index is 829. The predicted octanol–water partition coefficient (Wildman–Crippen LogP) is 2.74. The summed E-state index contributed by atoms with van der Waals surface area (Å²) >= 11 is 11.6. The van der Waals surface area contributed by atoms with Crippen LogP contribution in [0.15, 0.2) is 42.5 Å². The molecule has 10 heteroatoms. The number of nitro groups is 1. The molecule has 0 unspecified atom stereocenters. The molecule has 2 rings (SSSR count). The third-order valence-corrected chi connectivity index (χ3v) is 3.46. The van der Waals surface area contributed by atoms with E-state index in [1.165, 1.54) is 6.07 Å². The molecule has 130 valence electrons. The quantitative estimate of drug-likeness (QED) is 0.608. The van der Waals surface area contributed by atoms with Crippen molar-refractivity contribution in [2.75, 3.05) is 6.61 Å². The Balaban J connectivity index is 1.94. The third kappa shape index (κ3) is 5.07. The molecule has 2 aromatic carbocycles. The summed E-state index contributed by atoms with van der Waals surface area (Å²) in [5.41, 5.74) is 3.41. The average Bonchev–Trinajstić information content (AvgIpc) is 2.58. The normalized spacial score (nSPS) is 10.0. The van der Waals surface area contributed by atoms with Crippen LogP contribution in [0.25, 0.3) is 0 Å². The fourth-order valence-electron chi connectivity index (χ4n) is 1.78. The summed E-state index contributed by atoms with van der Waals surface area (Å²) in [5.74, 6) is -1.27. The van der Waals surface area contributed by atoms with Crippen LogP contribution in [0.2, 0.25) is 10.0 Å². The number of rotatable bonds is 5. The van der Waals surface area contributed by atoms with Gasteiger partial charge in [0.2, 0.25) is 0 Å². The van der Waals surface area contributed by atoms with Crippen molar-refractivity contribution in [1.82, 2.24) is 10.9 Å². The second kappa shape index (κ2) is 8.32. The molecule has 8 nitrogen and oxygen atoms in total. The van der Waals surface area contributed by atoms with Crippen LogP contribution in [0.3, 0.4) is 0 Å². The van der Waals surface area contributed by atoms with E-state index in [1.54, 1.807) is 24.3 Å². The molecule has 2 aromatic rings. The van der Waals surface area contributed by atoms with E-state index in [2.05, 4.69) is 10.9 Å². The molecule has 0 saturated heterocycles. The van der Waals surface area contributed by atoms with Crippen molar-refractivity contribution in [2.24, 2.45) is 0 Å². The predicted molar refractivity (Wildman–Crippen MR) is 90.7 cm³/mol. The number of hydrogen-bond acceptors (Lipinski definition) is 5. The number of halogens is 2. The lowest BCUT2D eigenvalue weighted by molar-refractivity contribution is -0.385. The van der Waals surface area contributed by atoms with E-state index in [9.17, 15) is 19.7 Å². The number of hydrazine groups is 1. The number of hydrogen-bond donors (Lipinski definition) is 2. The van der Waals surface area contributed by atoms with Crippen molar-refractivity contribution in [3.63, 3.8) is 0 Å². The van der Waals surface area contributed by atoms with E-state index < -0.39 is 29.0 Å². The van der Waals surface area contributed by atoms with Crippen LogP contribution in [0.5, 0.6) is 5.75 Å². The molecule has 0 aliphatic rings. The maximum atomic E-state index is 12.0. The number of benzene rings is 2. The summed E-state index contributed by atoms with van der Waals surface area (Å²) in [6.45, 7) is -0.415. The summed E-state index contributed by atoms with van der Waals surface area (Å²) in [4.78, 5) is 33.9. The Morgan fingerprint density at radius 1 is 1.12 bits per heavy atom. The smallest absolute Gasteiger partial charge is 0.282 e. The number of amides is 2. The van der Waals surface area contributed by atoms with Crippen molar-refractivity contribution < 1.29 is 19.2 Å². The summed E-state index contributed by atoms with van der Waals surface area (Å²) in [5, 5.41) is 11.4. The van der Waals surface area contributed by atoms with E-state index in [0.29, 0.717) is 10.8 Å². The van der Waals surface area contributed by atoms with Crippen LogP contribution in [-0.4, -0.2) is 23.3 Å².